The van der Waals surface area contributed by atoms with Gasteiger partial charge in [0.25, 0.3) is 5.91 Å². The lowest BCUT2D eigenvalue weighted by Crippen LogP contribution is -2.28. The number of rotatable bonds is 3. The van der Waals surface area contributed by atoms with Crippen molar-refractivity contribution in [2.24, 2.45) is 5.92 Å². The predicted molar refractivity (Wildman–Crippen MR) is 86.6 cm³/mol. The minimum Gasteiger partial charge on any atom is -0.352 e. The number of carbonyl (C=O) groups is 1. The third-order valence-electron chi connectivity index (χ3n) is 3.21. The van der Waals surface area contributed by atoms with Crippen LogP contribution in [0, 0.1) is 9.49 Å². The van der Waals surface area contributed by atoms with E-state index in [9.17, 15) is 4.79 Å². The minimum atomic E-state index is -0.0358. The number of carbonyl (C=O) groups excluding carboxylic acids is 1. The molecule has 0 spiro atoms. The second kappa shape index (κ2) is 6.57. The minimum absolute atomic E-state index is 0.0358. The molecule has 0 saturated heterocycles. The van der Waals surface area contributed by atoms with Crippen molar-refractivity contribution >= 4 is 56.0 Å². The van der Waals surface area contributed by atoms with E-state index < -0.39 is 0 Å². The molecule has 1 aromatic carbocycles. The van der Waals surface area contributed by atoms with Crippen LogP contribution in [0.1, 0.15) is 29.6 Å². The lowest BCUT2D eigenvalue weighted by molar-refractivity contribution is 0.0947. The number of halogens is 3. The summed E-state index contributed by atoms with van der Waals surface area (Å²) in [5.74, 6) is 0.559. The molecular weight excluding hydrogens is 428 g/mol. The van der Waals surface area contributed by atoms with Crippen LogP contribution in [0.2, 0.25) is 5.02 Å². The third-order valence-corrected chi connectivity index (χ3v) is 5.61. The van der Waals surface area contributed by atoms with Gasteiger partial charge in [-0.15, -0.1) is 0 Å². The number of amides is 1. The maximum atomic E-state index is 12.0. The molecule has 1 aliphatic rings. The van der Waals surface area contributed by atoms with Gasteiger partial charge in [0.1, 0.15) is 0 Å². The fourth-order valence-corrected chi connectivity index (χ4v) is 3.48. The molecule has 1 saturated carbocycles. The van der Waals surface area contributed by atoms with Crippen molar-refractivity contribution < 1.29 is 4.79 Å². The van der Waals surface area contributed by atoms with Crippen molar-refractivity contribution in [1.29, 1.82) is 0 Å². The van der Waals surface area contributed by atoms with E-state index in [0.717, 1.165) is 16.5 Å². The van der Waals surface area contributed by atoms with Crippen LogP contribution in [0.4, 0.5) is 0 Å². The summed E-state index contributed by atoms with van der Waals surface area (Å²) in [7, 11) is 0. The Bertz CT molecular complexity index is 455. The van der Waals surface area contributed by atoms with Gasteiger partial charge in [-0.1, -0.05) is 27.5 Å². The van der Waals surface area contributed by atoms with Crippen LogP contribution < -0.4 is 5.32 Å². The van der Waals surface area contributed by atoms with Crippen molar-refractivity contribution in [3.8, 4) is 0 Å². The highest BCUT2D eigenvalue weighted by Gasteiger charge is 2.22. The molecule has 0 bridgehead atoms. The smallest absolute Gasteiger partial charge is 0.251 e. The van der Waals surface area contributed by atoms with Gasteiger partial charge in [0.05, 0.1) is 5.02 Å². The maximum Gasteiger partial charge on any atom is 0.251 e. The zero-order valence-corrected chi connectivity index (χ0v) is 14.3. The first kappa shape index (κ1) is 14.6. The van der Waals surface area contributed by atoms with Gasteiger partial charge < -0.3 is 5.32 Å². The van der Waals surface area contributed by atoms with Crippen LogP contribution in [0.5, 0.6) is 0 Å². The average molecular weight is 443 g/mol. The summed E-state index contributed by atoms with van der Waals surface area (Å²) in [4.78, 5) is 12.6. The van der Waals surface area contributed by atoms with Gasteiger partial charge in [-0.05, 0) is 66.0 Å². The summed E-state index contributed by atoms with van der Waals surface area (Å²) < 4.78 is 0.962. The van der Waals surface area contributed by atoms with E-state index in [0.29, 0.717) is 21.3 Å². The van der Waals surface area contributed by atoms with Gasteiger partial charge >= 0.3 is 0 Å². The van der Waals surface area contributed by atoms with E-state index in [1.54, 1.807) is 6.07 Å². The molecule has 0 heterocycles. The summed E-state index contributed by atoms with van der Waals surface area (Å²) in [6.07, 6.45) is 3.53. The third kappa shape index (κ3) is 3.84. The lowest BCUT2D eigenvalue weighted by Gasteiger charge is -2.11. The van der Waals surface area contributed by atoms with E-state index in [-0.39, 0.29) is 5.91 Å². The van der Waals surface area contributed by atoms with Crippen LogP contribution in [0.15, 0.2) is 18.2 Å². The molecule has 2 rings (SSSR count). The monoisotopic (exact) mass is 441 g/mol. The Labute approximate surface area is 134 Å². The summed E-state index contributed by atoms with van der Waals surface area (Å²) in [6.45, 7) is 0.755. The van der Waals surface area contributed by atoms with Crippen LogP contribution in [0.3, 0.4) is 0 Å². The first-order chi connectivity index (χ1) is 8.56. The van der Waals surface area contributed by atoms with Crippen LogP contribution in [0.25, 0.3) is 0 Å². The molecule has 1 fully saturated rings. The molecule has 1 aliphatic carbocycles. The Morgan fingerprint density at radius 2 is 2.28 bits per heavy atom. The Morgan fingerprint density at radius 3 is 2.89 bits per heavy atom. The largest absolute Gasteiger partial charge is 0.352 e. The van der Waals surface area contributed by atoms with Gasteiger partial charge in [0, 0.05) is 20.5 Å². The van der Waals surface area contributed by atoms with Gasteiger partial charge in [-0.25, -0.2) is 0 Å². The molecule has 0 aliphatic heterocycles. The molecule has 2 nitrogen and oxygen atoms in total. The number of alkyl halides is 1. The zero-order chi connectivity index (χ0) is 13.1. The first-order valence-electron chi connectivity index (χ1n) is 5.93. The summed E-state index contributed by atoms with van der Waals surface area (Å²) in [5.41, 5.74) is 0.633. The maximum absolute atomic E-state index is 12.0. The summed E-state index contributed by atoms with van der Waals surface area (Å²) in [5, 5.41) is 3.62. The van der Waals surface area contributed by atoms with E-state index in [1.165, 1.54) is 12.8 Å². The fourth-order valence-electron chi connectivity index (χ4n) is 2.18. The number of benzene rings is 1. The summed E-state index contributed by atoms with van der Waals surface area (Å²) in [6, 6.07) is 5.40. The Kier molecular flexibility index (Phi) is 5.33. The second-order valence-electron chi connectivity index (χ2n) is 4.62. The van der Waals surface area contributed by atoms with E-state index >= 15 is 0 Å². The highest BCUT2D eigenvalue weighted by Crippen LogP contribution is 2.30. The van der Waals surface area contributed by atoms with E-state index in [1.807, 2.05) is 12.1 Å². The lowest BCUT2D eigenvalue weighted by atomic mass is 10.1. The zero-order valence-electron chi connectivity index (χ0n) is 9.76. The molecule has 0 aromatic heterocycles. The highest BCUT2D eigenvalue weighted by atomic mass is 127. The number of nitrogens with one attached hydrogen (secondary N) is 1. The van der Waals surface area contributed by atoms with Crippen LogP contribution in [-0.4, -0.2) is 17.3 Å². The van der Waals surface area contributed by atoms with Gasteiger partial charge in [-0.3, -0.25) is 4.79 Å². The molecule has 5 heteroatoms. The fraction of sp³-hybridized carbons (Fsp3) is 0.462. The molecule has 18 heavy (non-hydrogen) atoms. The van der Waals surface area contributed by atoms with Gasteiger partial charge in [0.2, 0.25) is 0 Å². The van der Waals surface area contributed by atoms with Crippen molar-refractivity contribution in [3.05, 3.63) is 32.4 Å². The van der Waals surface area contributed by atoms with Gasteiger partial charge in [-0.2, -0.15) is 0 Å². The molecule has 2 atom stereocenters. The van der Waals surface area contributed by atoms with Crippen molar-refractivity contribution in [2.45, 2.75) is 24.1 Å². The molecule has 2 unspecified atom stereocenters. The SMILES string of the molecule is O=C(NCC1CCC(Br)C1)c1ccc(I)c(Cl)c1. The topological polar surface area (TPSA) is 29.1 Å². The average Bonchev–Trinajstić information content (AvgIpc) is 2.75. The van der Waals surface area contributed by atoms with E-state index in [2.05, 4.69) is 43.8 Å². The quantitative estimate of drug-likeness (QED) is 0.551. The Hall–Kier alpha value is 0.190. The first-order valence-corrected chi connectivity index (χ1v) is 8.31. The van der Waals surface area contributed by atoms with Gasteiger partial charge in [0.15, 0.2) is 0 Å². The number of hydrogen-bond acceptors (Lipinski definition) is 1. The Balaban J connectivity index is 1.89. The van der Waals surface area contributed by atoms with E-state index in [4.69, 9.17) is 11.6 Å². The van der Waals surface area contributed by atoms with Crippen LogP contribution in [-0.2, 0) is 0 Å². The molecular formula is C13H14BrClINO. The highest BCUT2D eigenvalue weighted by molar-refractivity contribution is 14.1. The number of hydrogen-bond donors (Lipinski definition) is 1. The normalized spacial score (nSPS) is 23.1. The standard InChI is InChI=1S/C13H14BrClINO/c14-10-3-1-8(5-10)7-17-13(18)9-2-4-12(16)11(15)6-9/h2,4,6,8,10H,1,3,5,7H2,(H,17,18). The molecule has 0 radical (unpaired) electrons. The van der Waals surface area contributed by atoms with Crippen molar-refractivity contribution in [1.82, 2.24) is 5.32 Å². The molecule has 1 N–H and O–H groups in total. The van der Waals surface area contributed by atoms with Crippen LogP contribution >= 0.6 is 50.1 Å². The predicted octanol–water partition coefficient (Wildman–Crippen LogP) is 4.24. The van der Waals surface area contributed by atoms with Crippen molar-refractivity contribution in [3.63, 3.8) is 0 Å². The Morgan fingerprint density at radius 1 is 1.50 bits per heavy atom. The second-order valence-corrected chi connectivity index (χ2v) is 7.48. The molecule has 1 amide bonds. The van der Waals surface area contributed by atoms with Crippen molar-refractivity contribution in [2.75, 3.05) is 6.54 Å². The molecule has 98 valence electrons. The summed E-state index contributed by atoms with van der Waals surface area (Å²) >= 11 is 11.8. The molecule has 1 aromatic rings.